The van der Waals surface area contributed by atoms with Gasteiger partial charge >= 0.3 is 0 Å². The number of ether oxygens (including phenoxy) is 2. The maximum atomic E-state index is 14.9. The van der Waals surface area contributed by atoms with Gasteiger partial charge in [-0.25, -0.2) is 23.0 Å². The lowest BCUT2D eigenvalue weighted by Gasteiger charge is -2.16. The Morgan fingerprint density at radius 2 is 2.07 bits per heavy atom. The molecule has 4 rings (SSSR count). The van der Waals surface area contributed by atoms with Crippen molar-refractivity contribution in [3.05, 3.63) is 59.6 Å². The lowest BCUT2D eigenvalue weighted by atomic mass is 10.0. The van der Waals surface area contributed by atoms with Gasteiger partial charge in [0, 0.05) is 52.8 Å². The third kappa shape index (κ3) is 4.73. The fourth-order valence-corrected chi connectivity index (χ4v) is 3.99. The number of fused-ring (bicyclic) bond motifs is 1. The smallest absolute Gasteiger partial charge is 0.136 e. The van der Waals surface area contributed by atoms with Crippen molar-refractivity contribution < 1.29 is 22.5 Å². The van der Waals surface area contributed by atoms with Gasteiger partial charge in [-0.2, -0.15) is 4.36 Å². The standard InChI is InChI=1S/C21H21F2N3O3S/c1-30(2,27)26-15-9-17(23)21-18(24-12-25-19(21)10-15)7-13-3-4-14(22)8-20(13)29-16-5-6-28-11-16/h3-4,8-10,12,16H,5-7,11H2,1-2H3/t16-/m0/s1. The molecule has 9 heteroatoms. The largest absolute Gasteiger partial charge is 0.488 e. The third-order valence-corrected chi connectivity index (χ3v) is 5.30. The van der Waals surface area contributed by atoms with Gasteiger partial charge in [0.2, 0.25) is 0 Å². The van der Waals surface area contributed by atoms with Crippen LogP contribution in [0, 0.1) is 11.6 Å². The second-order valence-electron chi connectivity index (χ2n) is 7.45. The third-order valence-electron chi connectivity index (χ3n) is 4.65. The molecule has 30 heavy (non-hydrogen) atoms. The van der Waals surface area contributed by atoms with Crippen molar-refractivity contribution in [2.24, 2.45) is 4.36 Å². The molecule has 1 atom stereocenters. The second-order valence-corrected chi connectivity index (χ2v) is 9.99. The first-order valence-corrected chi connectivity index (χ1v) is 11.7. The van der Waals surface area contributed by atoms with E-state index in [4.69, 9.17) is 9.47 Å². The minimum absolute atomic E-state index is 0.147. The molecule has 1 aromatic heterocycles. The minimum atomic E-state index is -2.44. The minimum Gasteiger partial charge on any atom is -0.488 e. The topological polar surface area (TPSA) is 73.7 Å². The van der Waals surface area contributed by atoms with E-state index in [0.29, 0.717) is 35.7 Å². The average Bonchev–Trinajstić information content (AvgIpc) is 3.15. The highest BCUT2D eigenvalue weighted by molar-refractivity contribution is 7.92. The predicted octanol–water partition coefficient (Wildman–Crippen LogP) is 4.03. The van der Waals surface area contributed by atoms with Gasteiger partial charge in [-0.1, -0.05) is 6.07 Å². The van der Waals surface area contributed by atoms with E-state index in [1.807, 2.05) is 0 Å². The van der Waals surface area contributed by atoms with Crippen LogP contribution >= 0.6 is 0 Å². The van der Waals surface area contributed by atoms with Crippen LogP contribution in [0.1, 0.15) is 17.7 Å². The lowest BCUT2D eigenvalue weighted by Crippen LogP contribution is -2.17. The molecule has 1 fully saturated rings. The van der Waals surface area contributed by atoms with Crippen LogP contribution in [0.4, 0.5) is 14.5 Å². The summed E-state index contributed by atoms with van der Waals surface area (Å²) < 4.78 is 56.0. The summed E-state index contributed by atoms with van der Waals surface area (Å²) in [5.74, 6) is -0.583. The van der Waals surface area contributed by atoms with Crippen LogP contribution in [0.15, 0.2) is 41.0 Å². The van der Waals surface area contributed by atoms with Crippen molar-refractivity contribution >= 4 is 26.3 Å². The summed E-state index contributed by atoms with van der Waals surface area (Å²) in [5, 5.41) is 0.245. The highest BCUT2D eigenvalue weighted by Crippen LogP contribution is 2.30. The molecule has 0 aliphatic carbocycles. The summed E-state index contributed by atoms with van der Waals surface area (Å²) >= 11 is 0. The summed E-state index contributed by atoms with van der Waals surface area (Å²) in [6.07, 6.45) is 5.11. The molecule has 0 N–H and O–H groups in total. The maximum Gasteiger partial charge on any atom is 0.136 e. The summed E-state index contributed by atoms with van der Waals surface area (Å²) in [6.45, 7) is 1.05. The summed E-state index contributed by atoms with van der Waals surface area (Å²) in [4.78, 5) is 8.39. The van der Waals surface area contributed by atoms with Gasteiger partial charge in [0.05, 0.1) is 35.5 Å². The van der Waals surface area contributed by atoms with Crippen LogP contribution < -0.4 is 4.74 Å². The quantitative estimate of drug-likeness (QED) is 0.608. The van der Waals surface area contributed by atoms with Gasteiger partial charge in [-0.15, -0.1) is 0 Å². The first-order valence-electron chi connectivity index (χ1n) is 9.41. The molecule has 0 bridgehead atoms. The van der Waals surface area contributed by atoms with Crippen LogP contribution in [-0.4, -0.2) is 46.0 Å². The zero-order valence-electron chi connectivity index (χ0n) is 16.6. The molecule has 1 aliphatic rings. The molecule has 0 radical (unpaired) electrons. The van der Waals surface area contributed by atoms with Gasteiger partial charge in [0.15, 0.2) is 0 Å². The van der Waals surface area contributed by atoms with Crippen LogP contribution in [0.3, 0.4) is 0 Å². The Kier molecular flexibility index (Phi) is 5.66. The lowest BCUT2D eigenvalue weighted by molar-refractivity contribution is 0.140. The van der Waals surface area contributed by atoms with E-state index in [0.717, 1.165) is 6.42 Å². The summed E-state index contributed by atoms with van der Waals surface area (Å²) in [6, 6.07) is 7.07. The Hall–Kier alpha value is -2.65. The Morgan fingerprint density at radius 3 is 2.80 bits per heavy atom. The normalized spacial score (nSPS) is 16.7. The monoisotopic (exact) mass is 433 g/mol. The first kappa shape index (κ1) is 20.6. The van der Waals surface area contributed by atoms with Gasteiger partial charge in [-0.3, -0.25) is 0 Å². The van der Waals surface area contributed by atoms with Crippen molar-refractivity contribution in [1.82, 2.24) is 9.97 Å². The SMILES string of the molecule is CS(C)(=O)=Nc1cc(F)c2c(Cc3ccc(F)cc3O[C@H]3CCOC3)ncnc2c1. The first-order chi connectivity index (χ1) is 14.3. The average molecular weight is 433 g/mol. The highest BCUT2D eigenvalue weighted by atomic mass is 32.2. The van der Waals surface area contributed by atoms with E-state index in [2.05, 4.69) is 14.3 Å². The molecule has 0 saturated carbocycles. The number of nitrogens with zero attached hydrogens (tertiary/aromatic N) is 3. The number of hydrogen-bond donors (Lipinski definition) is 0. The molecule has 0 unspecified atom stereocenters. The molecular weight excluding hydrogens is 412 g/mol. The predicted molar refractivity (Wildman–Crippen MR) is 111 cm³/mol. The molecule has 0 spiro atoms. The number of rotatable bonds is 5. The highest BCUT2D eigenvalue weighted by Gasteiger charge is 2.20. The van der Waals surface area contributed by atoms with Crippen molar-refractivity contribution in [2.45, 2.75) is 18.9 Å². The number of aromatic nitrogens is 2. The van der Waals surface area contributed by atoms with Crippen molar-refractivity contribution in [2.75, 3.05) is 25.7 Å². The number of benzene rings is 2. The summed E-state index contributed by atoms with van der Waals surface area (Å²) in [7, 11) is -2.44. The fraction of sp³-hybridized carbons (Fsp3) is 0.333. The van der Waals surface area contributed by atoms with E-state index in [9.17, 15) is 13.0 Å². The van der Waals surface area contributed by atoms with E-state index in [1.54, 1.807) is 12.1 Å². The van der Waals surface area contributed by atoms with Crippen LogP contribution in [0.25, 0.3) is 10.9 Å². The molecular formula is C21H21F2N3O3S. The Morgan fingerprint density at radius 1 is 1.23 bits per heavy atom. The number of halogens is 2. The second kappa shape index (κ2) is 8.23. The van der Waals surface area contributed by atoms with Crippen molar-refractivity contribution in [3.8, 4) is 5.75 Å². The zero-order chi connectivity index (χ0) is 21.3. The van der Waals surface area contributed by atoms with E-state index in [1.165, 1.54) is 37.0 Å². The van der Waals surface area contributed by atoms with Gasteiger partial charge in [-0.05, 0) is 12.1 Å². The molecule has 1 saturated heterocycles. The van der Waals surface area contributed by atoms with Crippen LogP contribution in [-0.2, 0) is 20.9 Å². The van der Waals surface area contributed by atoms with E-state index in [-0.39, 0.29) is 23.6 Å². The van der Waals surface area contributed by atoms with Gasteiger partial charge < -0.3 is 9.47 Å². The molecule has 2 heterocycles. The summed E-state index contributed by atoms with van der Waals surface area (Å²) in [5.41, 5.74) is 1.74. The van der Waals surface area contributed by atoms with Crippen LogP contribution in [0.2, 0.25) is 0 Å². The Labute approximate surface area is 173 Å². The number of hydrogen-bond acceptors (Lipinski definition) is 6. The molecule has 158 valence electrons. The molecule has 3 aromatic rings. The Bertz CT molecular complexity index is 1210. The molecule has 6 nitrogen and oxygen atoms in total. The van der Waals surface area contributed by atoms with E-state index >= 15 is 0 Å². The molecule has 2 aromatic carbocycles. The Balaban J connectivity index is 1.73. The zero-order valence-corrected chi connectivity index (χ0v) is 17.4. The van der Waals surface area contributed by atoms with E-state index < -0.39 is 21.4 Å². The van der Waals surface area contributed by atoms with Gasteiger partial charge in [0.25, 0.3) is 0 Å². The van der Waals surface area contributed by atoms with Gasteiger partial charge in [0.1, 0.15) is 29.8 Å². The van der Waals surface area contributed by atoms with Crippen molar-refractivity contribution in [1.29, 1.82) is 0 Å². The fourth-order valence-electron chi connectivity index (χ4n) is 3.38. The maximum absolute atomic E-state index is 14.9. The van der Waals surface area contributed by atoms with Crippen LogP contribution in [0.5, 0.6) is 5.75 Å². The molecule has 0 amide bonds. The molecule has 1 aliphatic heterocycles. The van der Waals surface area contributed by atoms with Crippen molar-refractivity contribution in [3.63, 3.8) is 0 Å².